The van der Waals surface area contributed by atoms with E-state index in [0.717, 1.165) is 49.7 Å². The number of aromatic nitrogens is 3. The maximum absolute atomic E-state index is 5.97. The molecular weight excluding hydrogens is 390 g/mol. The summed E-state index contributed by atoms with van der Waals surface area (Å²) in [6.07, 6.45) is 0. The molecule has 4 N–H and O–H groups in total. The Balaban J connectivity index is 1.39. The van der Waals surface area contributed by atoms with Crippen molar-refractivity contribution >= 4 is 23.3 Å². The molecular formula is C23H30N7O+. The van der Waals surface area contributed by atoms with Crippen LogP contribution in [0.3, 0.4) is 0 Å². The van der Waals surface area contributed by atoms with Crippen molar-refractivity contribution in [3.05, 3.63) is 59.4 Å². The second kappa shape index (κ2) is 9.18. The summed E-state index contributed by atoms with van der Waals surface area (Å²) in [4.78, 5) is 17.1. The molecule has 2 aromatic carbocycles. The van der Waals surface area contributed by atoms with Gasteiger partial charge in [0, 0.05) is 17.4 Å². The van der Waals surface area contributed by atoms with E-state index in [0.29, 0.717) is 11.8 Å². The first kappa shape index (κ1) is 20.9. The number of hydrogen-bond donors (Lipinski definition) is 3. The third kappa shape index (κ3) is 5.21. The summed E-state index contributed by atoms with van der Waals surface area (Å²) in [6.45, 7) is 8.80. The number of piperazine rings is 1. The Hall–Kier alpha value is -3.39. The van der Waals surface area contributed by atoms with Crippen LogP contribution in [0.4, 0.5) is 23.3 Å². The van der Waals surface area contributed by atoms with Crippen molar-refractivity contribution in [3.63, 3.8) is 0 Å². The van der Waals surface area contributed by atoms with Crippen molar-refractivity contribution in [3.8, 4) is 5.75 Å². The second-order valence-electron chi connectivity index (χ2n) is 7.99. The van der Waals surface area contributed by atoms with Gasteiger partial charge in [-0.15, -0.1) is 0 Å². The summed E-state index contributed by atoms with van der Waals surface area (Å²) < 4.78 is 5.35. The molecule has 0 amide bonds. The summed E-state index contributed by atoms with van der Waals surface area (Å²) in [5.41, 5.74) is 10.5. The van der Waals surface area contributed by atoms with Crippen LogP contribution in [0.2, 0.25) is 0 Å². The largest absolute Gasteiger partial charge is 0.497 e. The molecule has 1 saturated heterocycles. The van der Waals surface area contributed by atoms with Gasteiger partial charge in [0.15, 0.2) is 5.82 Å². The highest BCUT2D eigenvalue weighted by Gasteiger charge is 2.22. The van der Waals surface area contributed by atoms with Gasteiger partial charge in [-0.1, -0.05) is 23.8 Å². The normalized spacial score (nSPS) is 14.5. The molecule has 0 radical (unpaired) electrons. The van der Waals surface area contributed by atoms with Crippen molar-refractivity contribution in [1.82, 2.24) is 15.0 Å². The smallest absolute Gasteiger partial charge is 0.232 e. The van der Waals surface area contributed by atoms with E-state index in [1.807, 2.05) is 18.2 Å². The minimum Gasteiger partial charge on any atom is -0.497 e. The second-order valence-corrected chi connectivity index (χ2v) is 7.99. The van der Waals surface area contributed by atoms with Crippen LogP contribution in [0.25, 0.3) is 0 Å². The third-order valence-electron chi connectivity index (χ3n) is 5.62. The minimum atomic E-state index is 0.242. The third-order valence-corrected chi connectivity index (χ3v) is 5.62. The van der Waals surface area contributed by atoms with E-state index in [4.69, 9.17) is 10.5 Å². The number of quaternary nitrogens is 1. The van der Waals surface area contributed by atoms with E-state index in [9.17, 15) is 0 Å². The lowest BCUT2D eigenvalue weighted by Gasteiger charge is -2.33. The first-order valence-corrected chi connectivity index (χ1v) is 10.6. The van der Waals surface area contributed by atoms with Crippen LogP contribution < -0.4 is 25.6 Å². The van der Waals surface area contributed by atoms with Crippen molar-refractivity contribution in [2.24, 2.45) is 0 Å². The SMILES string of the molecule is COc1cccc(N2CC[NH+](Cc3nc(N)nc(Nc4ccc(C)cc4C)n3)CC2)c1. The molecule has 1 fully saturated rings. The van der Waals surface area contributed by atoms with Crippen LogP contribution >= 0.6 is 0 Å². The highest BCUT2D eigenvalue weighted by Crippen LogP contribution is 2.21. The van der Waals surface area contributed by atoms with Gasteiger partial charge >= 0.3 is 0 Å². The van der Waals surface area contributed by atoms with Gasteiger partial charge in [-0.25, -0.2) is 0 Å². The lowest BCUT2D eigenvalue weighted by atomic mass is 10.1. The lowest BCUT2D eigenvalue weighted by molar-refractivity contribution is -0.915. The molecule has 0 atom stereocenters. The summed E-state index contributed by atoms with van der Waals surface area (Å²) in [5, 5.41) is 3.29. The predicted molar refractivity (Wildman–Crippen MR) is 123 cm³/mol. The average molecular weight is 421 g/mol. The molecule has 1 aliphatic rings. The number of nitrogen functional groups attached to an aromatic ring is 1. The summed E-state index contributed by atoms with van der Waals surface area (Å²) >= 11 is 0. The van der Waals surface area contributed by atoms with E-state index in [2.05, 4.69) is 63.3 Å². The van der Waals surface area contributed by atoms with Gasteiger partial charge in [-0.2, -0.15) is 15.0 Å². The van der Waals surface area contributed by atoms with E-state index in [1.165, 1.54) is 16.2 Å². The Morgan fingerprint density at radius 3 is 2.61 bits per heavy atom. The van der Waals surface area contributed by atoms with Gasteiger partial charge in [-0.3, -0.25) is 0 Å². The topological polar surface area (TPSA) is 93.6 Å². The average Bonchev–Trinajstić information content (AvgIpc) is 2.76. The number of hydrogen-bond acceptors (Lipinski definition) is 7. The molecule has 0 unspecified atom stereocenters. The van der Waals surface area contributed by atoms with E-state index >= 15 is 0 Å². The summed E-state index contributed by atoms with van der Waals surface area (Å²) in [7, 11) is 1.70. The maximum Gasteiger partial charge on any atom is 0.232 e. The molecule has 31 heavy (non-hydrogen) atoms. The molecule has 0 spiro atoms. The predicted octanol–water partition coefficient (Wildman–Crippen LogP) is 1.73. The van der Waals surface area contributed by atoms with Gasteiger partial charge in [-0.05, 0) is 37.6 Å². The van der Waals surface area contributed by atoms with Gasteiger partial charge < -0.3 is 25.6 Å². The minimum absolute atomic E-state index is 0.242. The van der Waals surface area contributed by atoms with Crippen LogP contribution in [0.1, 0.15) is 17.0 Å². The van der Waals surface area contributed by atoms with Crippen molar-refractivity contribution in [1.29, 1.82) is 0 Å². The standard InChI is InChI=1S/C23H29N7O/c1-16-7-8-20(17(2)13-16)25-23-27-21(26-22(24)28-23)15-29-9-11-30(12-10-29)18-5-4-6-19(14-18)31-3/h4-8,13-14H,9-12,15H2,1-3H3,(H3,24,25,26,27,28)/p+1. The number of rotatable bonds is 6. The Morgan fingerprint density at radius 2 is 1.87 bits per heavy atom. The number of anilines is 4. The molecule has 1 aromatic heterocycles. The summed E-state index contributed by atoms with van der Waals surface area (Å²) in [6, 6.07) is 14.4. The first-order chi connectivity index (χ1) is 15.0. The molecule has 3 aromatic rings. The fourth-order valence-electron chi connectivity index (χ4n) is 3.94. The number of nitrogens with zero attached hydrogens (tertiary/aromatic N) is 4. The quantitative estimate of drug-likeness (QED) is 0.559. The molecule has 0 aliphatic carbocycles. The van der Waals surface area contributed by atoms with E-state index in [1.54, 1.807) is 7.11 Å². The number of nitrogens with one attached hydrogen (secondary N) is 2. The zero-order valence-corrected chi connectivity index (χ0v) is 18.4. The molecule has 162 valence electrons. The van der Waals surface area contributed by atoms with Crippen LogP contribution in [0.5, 0.6) is 5.75 Å². The van der Waals surface area contributed by atoms with E-state index in [-0.39, 0.29) is 5.95 Å². The molecule has 2 heterocycles. The van der Waals surface area contributed by atoms with Crippen molar-refractivity contribution in [2.75, 3.05) is 49.2 Å². The number of methoxy groups -OCH3 is 1. The Kier molecular flexibility index (Phi) is 6.18. The number of benzene rings is 2. The van der Waals surface area contributed by atoms with Crippen LogP contribution in [0.15, 0.2) is 42.5 Å². The first-order valence-electron chi connectivity index (χ1n) is 10.6. The van der Waals surface area contributed by atoms with Crippen molar-refractivity contribution < 1.29 is 9.64 Å². The van der Waals surface area contributed by atoms with Gasteiger partial charge in [0.05, 0.1) is 33.3 Å². The number of ether oxygens (including phenoxy) is 1. The zero-order valence-electron chi connectivity index (χ0n) is 18.4. The number of aryl methyl sites for hydroxylation is 2. The molecule has 1 aliphatic heterocycles. The molecule has 8 heteroatoms. The Bertz CT molecular complexity index is 1050. The van der Waals surface area contributed by atoms with Crippen LogP contribution in [-0.2, 0) is 6.54 Å². The van der Waals surface area contributed by atoms with Gasteiger partial charge in [0.1, 0.15) is 12.3 Å². The van der Waals surface area contributed by atoms with Crippen molar-refractivity contribution in [2.45, 2.75) is 20.4 Å². The molecule has 8 nitrogen and oxygen atoms in total. The molecule has 4 rings (SSSR count). The van der Waals surface area contributed by atoms with Crippen LogP contribution in [-0.4, -0.2) is 48.2 Å². The highest BCUT2D eigenvalue weighted by atomic mass is 16.5. The molecule has 0 saturated carbocycles. The number of nitrogens with two attached hydrogens (primary N) is 1. The lowest BCUT2D eigenvalue weighted by Crippen LogP contribution is -3.13. The van der Waals surface area contributed by atoms with Gasteiger partial charge in [0.2, 0.25) is 11.9 Å². The fourth-order valence-corrected chi connectivity index (χ4v) is 3.94. The zero-order chi connectivity index (χ0) is 21.8. The Morgan fingerprint density at radius 1 is 1.06 bits per heavy atom. The van der Waals surface area contributed by atoms with Gasteiger partial charge in [0.25, 0.3) is 0 Å². The van der Waals surface area contributed by atoms with Crippen LogP contribution in [0, 0.1) is 13.8 Å². The maximum atomic E-state index is 5.97. The summed E-state index contributed by atoms with van der Waals surface area (Å²) in [5.74, 6) is 2.33. The highest BCUT2D eigenvalue weighted by molar-refractivity contribution is 5.59. The van der Waals surface area contributed by atoms with E-state index < -0.39 is 0 Å². The monoisotopic (exact) mass is 420 g/mol. The fraction of sp³-hybridized carbons (Fsp3) is 0.348. The molecule has 0 bridgehead atoms. The Labute approximate surface area is 183 Å².